The van der Waals surface area contributed by atoms with Crippen LogP contribution >= 0.6 is 11.6 Å². The molecule has 2 heterocycles. The molecule has 1 aliphatic rings. The second kappa shape index (κ2) is 8.54. The molecule has 0 spiro atoms. The molecule has 0 aliphatic carbocycles. The topological polar surface area (TPSA) is 84.6 Å². The van der Waals surface area contributed by atoms with Gasteiger partial charge >= 0.3 is 0 Å². The van der Waals surface area contributed by atoms with Gasteiger partial charge in [-0.3, -0.25) is 9.69 Å². The summed E-state index contributed by atoms with van der Waals surface area (Å²) in [6.07, 6.45) is 1.96. The molecule has 1 amide bonds. The molecule has 0 unspecified atom stereocenters. The maximum atomic E-state index is 12.7. The second-order valence-corrected chi connectivity index (χ2v) is 7.14. The number of carbonyl (C=O) groups excluding carboxylic acids is 1. The molecule has 0 saturated carbocycles. The molecule has 1 saturated heterocycles. The number of nitrogen functional groups attached to an aromatic ring is 1. The number of aromatic nitrogens is 2. The van der Waals surface area contributed by atoms with Crippen molar-refractivity contribution in [1.82, 2.24) is 19.8 Å². The van der Waals surface area contributed by atoms with Crippen molar-refractivity contribution in [3.05, 3.63) is 47.4 Å². The summed E-state index contributed by atoms with van der Waals surface area (Å²) >= 11 is 6.11. The van der Waals surface area contributed by atoms with Gasteiger partial charge in [0.1, 0.15) is 17.4 Å². The van der Waals surface area contributed by atoms with Crippen molar-refractivity contribution < 1.29 is 9.53 Å². The minimum absolute atomic E-state index is 0.0361. The number of likely N-dealkylation sites (tertiary alicyclic amines) is 1. The highest BCUT2D eigenvalue weighted by Gasteiger charge is 2.32. The third-order valence-electron chi connectivity index (χ3n) is 4.70. The smallest absolute Gasteiger partial charge is 0.263 e. The van der Waals surface area contributed by atoms with Crippen molar-refractivity contribution in [3.8, 4) is 5.75 Å². The summed E-state index contributed by atoms with van der Waals surface area (Å²) in [4.78, 5) is 25.2. The molecule has 2 atom stereocenters. The average Bonchev–Trinajstić information content (AvgIpc) is 3.13. The lowest BCUT2D eigenvalue weighted by atomic mass is 10.2. The van der Waals surface area contributed by atoms with Crippen molar-refractivity contribution in [2.24, 2.45) is 0 Å². The number of halogens is 1. The number of ether oxygens (including phenoxy) is 1. The van der Waals surface area contributed by atoms with Gasteiger partial charge in [0.05, 0.1) is 11.6 Å². The second-order valence-electron chi connectivity index (χ2n) is 6.73. The van der Waals surface area contributed by atoms with E-state index in [1.807, 2.05) is 24.1 Å². The number of hydrogen-bond donors (Lipinski definition) is 1. The van der Waals surface area contributed by atoms with Crippen molar-refractivity contribution in [2.45, 2.75) is 32.0 Å². The molecule has 0 bridgehead atoms. The van der Waals surface area contributed by atoms with Gasteiger partial charge in [0.15, 0.2) is 6.10 Å². The summed E-state index contributed by atoms with van der Waals surface area (Å²) in [6.45, 7) is 3.68. The standard InChI is InChI=1S/C19H24ClN5O2/c1-13(27-16-6-4-3-5-15(16)20)19(26)25-10-8-14(11-25)24(2)12-18-22-9-7-17(21)23-18/h3-7,9,13-14H,8,10-12H2,1-2H3,(H2,21,22,23)/t13-,14-/m1/s1. The molecule has 7 nitrogen and oxygen atoms in total. The predicted octanol–water partition coefficient (Wildman–Crippen LogP) is 2.21. The van der Waals surface area contributed by atoms with Crippen molar-refractivity contribution in [3.63, 3.8) is 0 Å². The Morgan fingerprint density at radius 1 is 1.44 bits per heavy atom. The Bertz CT molecular complexity index is 803. The van der Waals surface area contributed by atoms with Gasteiger partial charge in [-0.1, -0.05) is 23.7 Å². The van der Waals surface area contributed by atoms with Crippen LogP contribution in [0.2, 0.25) is 5.02 Å². The highest BCUT2D eigenvalue weighted by Crippen LogP contribution is 2.25. The maximum absolute atomic E-state index is 12.7. The molecule has 144 valence electrons. The molecular formula is C19H24ClN5O2. The van der Waals surface area contributed by atoms with Crippen LogP contribution in [0.1, 0.15) is 19.2 Å². The van der Waals surface area contributed by atoms with Crippen LogP contribution in [0.25, 0.3) is 0 Å². The Hall–Kier alpha value is -2.38. The molecule has 1 aromatic heterocycles. The lowest BCUT2D eigenvalue weighted by Crippen LogP contribution is -2.41. The fraction of sp³-hybridized carbons (Fsp3) is 0.421. The van der Waals surface area contributed by atoms with Crippen LogP contribution in [-0.4, -0.2) is 58.0 Å². The fourth-order valence-electron chi connectivity index (χ4n) is 3.18. The maximum Gasteiger partial charge on any atom is 0.263 e. The summed E-state index contributed by atoms with van der Waals surface area (Å²) in [5, 5.41) is 0.498. The Labute approximate surface area is 164 Å². The molecule has 1 aliphatic heterocycles. The fourth-order valence-corrected chi connectivity index (χ4v) is 3.36. The average molecular weight is 390 g/mol. The van der Waals surface area contributed by atoms with E-state index >= 15 is 0 Å². The number of carbonyl (C=O) groups is 1. The highest BCUT2D eigenvalue weighted by molar-refractivity contribution is 6.32. The number of nitrogens with two attached hydrogens (primary N) is 1. The van der Waals surface area contributed by atoms with Crippen molar-refractivity contribution in [1.29, 1.82) is 0 Å². The quantitative estimate of drug-likeness (QED) is 0.815. The van der Waals surface area contributed by atoms with Crippen molar-refractivity contribution in [2.75, 3.05) is 25.9 Å². The summed E-state index contributed by atoms with van der Waals surface area (Å²) in [5.74, 6) is 1.62. The number of hydrogen-bond acceptors (Lipinski definition) is 6. The monoisotopic (exact) mass is 389 g/mol. The molecule has 8 heteroatoms. The van der Waals surface area contributed by atoms with Gasteiger partial charge in [0.25, 0.3) is 5.91 Å². The molecule has 2 aromatic rings. The number of rotatable bonds is 6. The zero-order chi connectivity index (χ0) is 19.4. The molecule has 2 N–H and O–H groups in total. The third kappa shape index (κ3) is 4.87. The zero-order valence-corrected chi connectivity index (χ0v) is 16.3. The van der Waals surface area contributed by atoms with Crippen LogP contribution in [0.5, 0.6) is 5.75 Å². The van der Waals surface area contributed by atoms with E-state index in [4.69, 9.17) is 22.1 Å². The molecule has 0 radical (unpaired) electrons. The van der Waals surface area contributed by atoms with Gasteiger partial charge in [-0.05, 0) is 38.6 Å². The van der Waals surface area contributed by atoms with E-state index in [0.29, 0.717) is 42.0 Å². The Morgan fingerprint density at radius 3 is 2.96 bits per heavy atom. The van der Waals surface area contributed by atoms with E-state index in [1.165, 1.54) is 0 Å². The Balaban J connectivity index is 1.55. The Morgan fingerprint density at radius 2 is 2.22 bits per heavy atom. The van der Waals surface area contributed by atoms with Crippen LogP contribution < -0.4 is 10.5 Å². The number of nitrogens with zero attached hydrogens (tertiary/aromatic N) is 4. The van der Waals surface area contributed by atoms with Crippen LogP contribution in [0, 0.1) is 0 Å². The zero-order valence-electron chi connectivity index (χ0n) is 15.5. The van der Waals surface area contributed by atoms with Crippen LogP contribution in [0.15, 0.2) is 36.5 Å². The van der Waals surface area contributed by atoms with E-state index in [-0.39, 0.29) is 11.9 Å². The summed E-state index contributed by atoms with van der Waals surface area (Å²) in [7, 11) is 2.01. The minimum atomic E-state index is -0.591. The Kier molecular flexibility index (Phi) is 6.13. The van der Waals surface area contributed by atoms with Crippen LogP contribution in [0.4, 0.5) is 5.82 Å². The first-order valence-corrected chi connectivity index (χ1v) is 9.29. The molecule has 27 heavy (non-hydrogen) atoms. The van der Waals surface area contributed by atoms with Gasteiger partial charge in [-0.2, -0.15) is 0 Å². The molecule has 1 aromatic carbocycles. The first-order chi connectivity index (χ1) is 12.9. The van der Waals surface area contributed by atoms with Gasteiger partial charge < -0.3 is 15.4 Å². The predicted molar refractivity (Wildman–Crippen MR) is 104 cm³/mol. The number of benzene rings is 1. The van der Waals surface area contributed by atoms with Crippen LogP contribution in [0.3, 0.4) is 0 Å². The number of anilines is 1. The van der Waals surface area contributed by atoms with Crippen LogP contribution in [-0.2, 0) is 11.3 Å². The van der Waals surface area contributed by atoms with E-state index in [2.05, 4.69) is 14.9 Å². The van der Waals surface area contributed by atoms with E-state index < -0.39 is 6.10 Å². The number of amides is 1. The first-order valence-electron chi connectivity index (χ1n) is 8.91. The normalized spacial score (nSPS) is 17.9. The summed E-state index contributed by atoms with van der Waals surface area (Å²) in [5.41, 5.74) is 5.71. The molecule has 3 rings (SSSR count). The van der Waals surface area contributed by atoms with E-state index in [0.717, 1.165) is 6.42 Å². The highest BCUT2D eigenvalue weighted by atomic mass is 35.5. The molecule has 1 fully saturated rings. The summed E-state index contributed by atoms with van der Waals surface area (Å²) in [6, 6.07) is 9.07. The van der Waals surface area contributed by atoms with Gasteiger partial charge in [-0.15, -0.1) is 0 Å². The van der Waals surface area contributed by atoms with E-state index in [9.17, 15) is 4.79 Å². The SMILES string of the molecule is C[C@@H](Oc1ccccc1Cl)C(=O)N1CC[C@@H](N(C)Cc2nccc(N)n2)C1. The van der Waals surface area contributed by atoms with Crippen molar-refractivity contribution >= 4 is 23.3 Å². The minimum Gasteiger partial charge on any atom is -0.479 e. The van der Waals surface area contributed by atoms with Gasteiger partial charge in [0.2, 0.25) is 0 Å². The van der Waals surface area contributed by atoms with Gasteiger partial charge in [0, 0.05) is 25.3 Å². The number of para-hydroxylation sites is 1. The first kappa shape index (κ1) is 19.4. The largest absolute Gasteiger partial charge is 0.479 e. The van der Waals surface area contributed by atoms with Gasteiger partial charge in [-0.25, -0.2) is 9.97 Å². The molecular weight excluding hydrogens is 366 g/mol. The third-order valence-corrected chi connectivity index (χ3v) is 5.02. The lowest BCUT2D eigenvalue weighted by molar-refractivity contribution is -0.137. The number of likely N-dealkylation sites (N-methyl/N-ethyl adjacent to an activating group) is 1. The lowest BCUT2D eigenvalue weighted by Gasteiger charge is -2.25. The van der Waals surface area contributed by atoms with E-state index in [1.54, 1.807) is 31.3 Å². The summed E-state index contributed by atoms with van der Waals surface area (Å²) < 4.78 is 5.75.